The van der Waals surface area contributed by atoms with E-state index in [-0.39, 0.29) is 5.91 Å². The van der Waals surface area contributed by atoms with Crippen LogP contribution >= 0.6 is 0 Å². The van der Waals surface area contributed by atoms with E-state index in [0.29, 0.717) is 13.2 Å². The molecular weight excluding hydrogens is 346 g/mol. The summed E-state index contributed by atoms with van der Waals surface area (Å²) in [6, 6.07) is 26.2. The maximum Gasteiger partial charge on any atom is 0.246 e. The van der Waals surface area contributed by atoms with Crippen molar-refractivity contribution in [2.24, 2.45) is 0 Å². The minimum atomic E-state index is 0.0545. The maximum absolute atomic E-state index is 12.5. The molecule has 0 bridgehead atoms. The highest BCUT2D eigenvalue weighted by Crippen LogP contribution is 2.19. The van der Waals surface area contributed by atoms with Crippen molar-refractivity contribution < 1.29 is 9.53 Å². The summed E-state index contributed by atoms with van der Waals surface area (Å²) in [5, 5.41) is 0. The van der Waals surface area contributed by atoms with Gasteiger partial charge in [-0.1, -0.05) is 66.7 Å². The van der Waals surface area contributed by atoms with Gasteiger partial charge in [-0.05, 0) is 46.9 Å². The molecule has 0 spiro atoms. The van der Waals surface area contributed by atoms with Gasteiger partial charge in [0.15, 0.2) is 0 Å². The first-order chi connectivity index (χ1) is 13.8. The Hall–Kier alpha value is -3.33. The number of rotatable bonds is 5. The second-order valence-corrected chi connectivity index (χ2v) is 6.96. The van der Waals surface area contributed by atoms with Crippen molar-refractivity contribution in [3.63, 3.8) is 0 Å². The van der Waals surface area contributed by atoms with E-state index in [2.05, 4.69) is 18.2 Å². The minimum Gasteiger partial charge on any atom is -0.489 e. The molecule has 1 aliphatic rings. The van der Waals surface area contributed by atoms with Crippen molar-refractivity contribution in [1.82, 2.24) is 4.90 Å². The predicted molar refractivity (Wildman–Crippen MR) is 112 cm³/mol. The van der Waals surface area contributed by atoms with Crippen LogP contribution in [0.15, 0.2) is 84.9 Å². The Morgan fingerprint density at radius 1 is 0.893 bits per heavy atom. The molecule has 28 heavy (non-hydrogen) atoms. The van der Waals surface area contributed by atoms with Crippen molar-refractivity contribution in [3.8, 4) is 5.75 Å². The number of hydrogen-bond acceptors (Lipinski definition) is 2. The Bertz CT molecular complexity index is 961. The lowest BCUT2D eigenvalue weighted by atomic mass is 10.00. The third-order valence-electron chi connectivity index (χ3n) is 4.99. The van der Waals surface area contributed by atoms with Crippen molar-refractivity contribution in [2.45, 2.75) is 19.6 Å². The lowest BCUT2D eigenvalue weighted by Crippen LogP contribution is -2.34. The molecule has 0 unspecified atom stereocenters. The van der Waals surface area contributed by atoms with Crippen molar-refractivity contribution in [1.29, 1.82) is 0 Å². The number of ether oxygens (including phenoxy) is 1. The number of hydrogen-bond donors (Lipinski definition) is 0. The molecule has 3 heteroatoms. The topological polar surface area (TPSA) is 29.5 Å². The molecule has 4 rings (SSSR count). The van der Waals surface area contributed by atoms with Crippen LogP contribution < -0.4 is 4.74 Å². The molecule has 3 aromatic rings. The van der Waals surface area contributed by atoms with E-state index in [4.69, 9.17) is 4.74 Å². The second-order valence-electron chi connectivity index (χ2n) is 6.96. The summed E-state index contributed by atoms with van der Waals surface area (Å²) < 4.78 is 5.80. The molecule has 0 saturated heterocycles. The first kappa shape index (κ1) is 18.1. The fourth-order valence-electron chi connectivity index (χ4n) is 3.37. The minimum absolute atomic E-state index is 0.0545. The summed E-state index contributed by atoms with van der Waals surface area (Å²) in [5.41, 5.74) is 4.72. The van der Waals surface area contributed by atoms with Gasteiger partial charge in [0.1, 0.15) is 12.4 Å². The number of carbonyl (C=O) groups excluding carboxylic acids is 1. The number of nitrogens with zero attached hydrogens (tertiary/aromatic N) is 1. The summed E-state index contributed by atoms with van der Waals surface area (Å²) in [4.78, 5) is 14.4. The van der Waals surface area contributed by atoms with Crippen LogP contribution in [-0.2, 0) is 24.4 Å². The smallest absolute Gasteiger partial charge is 0.246 e. The van der Waals surface area contributed by atoms with Crippen LogP contribution in [0.1, 0.15) is 22.3 Å². The second kappa shape index (κ2) is 8.57. The van der Waals surface area contributed by atoms with Gasteiger partial charge in [-0.3, -0.25) is 4.79 Å². The van der Waals surface area contributed by atoms with Crippen molar-refractivity contribution in [3.05, 3.63) is 107 Å². The Kier molecular flexibility index (Phi) is 5.53. The largest absolute Gasteiger partial charge is 0.489 e. The molecule has 0 atom stereocenters. The highest BCUT2D eigenvalue weighted by Gasteiger charge is 2.18. The molecule has 0 N–H and O–H groups in total. The maximum atomic E-state index is 12.5. The van der Waals surface area contributed by atoms with Crippen molar-refractivity contribution in [2.75, 3.05) is 6.54 Å². The van der Waals surface area contributed by atoms with Gasteiger partial charge in [0, 0.05) is 19.2 Å². The van der Waals surface area contributed by atoms with Crippen LogP contribution in [-0.4, -0.2) is 17.4 Å². The molecule has 3 nitrogen and oxygen atoms in total. The van der Waals surface area contributed by atoms with Crippen LogP contribution in [0, 0.1) is 0 Å². The van der Waals surface area contributed by atoms with E-state index in [9.17, 15) is 4.79 Å². The molecule has 0 radical (unpaired) electrons. The summed E-state index contributed by atoms with van der Waals surface area (Å²) in [5.74, 6) is 0.874. The zero-order valence-corrected chi connectivity index (χ0v) is 15.8. The fourth-order valence-corrected chi connectivity index (χ4v) is 3.37. The van der Waals surface area contributed by atoms with Crippen LogP contribution in [0.3, 0.4) is 0 Å². The average molecular weight is 369 g/mol. The van der Waals surface area contributed by atoms with Gasteiger partial charge in [0.05, 0.1) is 0 Å². The van der Waals surface area contributed by atoms with E-state index in [0.717, 1.165) is 29.8 Å². The molecule has 1 aliphatic heterocycles. The highest BCUT2D eigenvalue weighted by molar-refractivity contribution is 5.91. The summed E-state index contributed by atoms with van der Waals surface area (Å²) in [6.07, 6.45) is 4.45. The summed E-state index contributed by atoms with van der Waals surface area (Å²) in [6.45, 7) is 2.00. The van der Waals surface area contributed by atoms with E-state index >= 15 is 0 Å². The third kappa shape index (κ3) is 4.49. The van der Waals surface area contributed by atoms with E-state index in [1.807, 2.05) is 71.6 Å². The molecule has 140 valence electrons. The van der Waals surface area contributed by atoms with Gasteiger partial charge in [-0.2, -0.15) is 0 Å². The molecule has 1 amide bonds. The number of amides is 1. The Balaban J connectivity index is 1.32. The Morgan fingerprint density at radius 3 is 2.39 bits per heavy atom. The third-order valence-corrected chi connectivity index (χ3v) is 4.99. The van der Waals surface area contributed by atoms with E-state index in [1.165, 1.54) is 11.1 Å². The van der Waals surface area contributed by atoms with Gasteiger partial charge >= 0.3 is 0 Å². The predicted octanol–water partition coefficient (Wildman–Crippen LogP) is 4.86. The molecular formula is C25H23NO2. The molecule has 3 aromatic carbocycles. The number of fused-ring (bicyclic) bond motifs is 1. The highest BCUT2D eigenvalue weighted by atomic mass is 16.5. The molecule has 0 saturated carbocycles. The molecule has 0 aromatic heterocycles. The monoisotopic (exact) mass is 369 g/mol. The Labute approximate surface area is 165 Å². The molecule has 1 heterocycles. The van der Waals surface area contributed by atoms with Crippen LogP contribution in [0.2, 0.25) is 0 Å². The van der Waals surface area contributed by atoms with Crippen LogP contribution in [0.5, 0.6) is 5.75 Å². The standard InChI is InChI=1S/C25H23NO2/c27-25(26-17-16-22-8-4-5-9-23(22)18-26)15-12-20-10-13-24(14-11-20)28-19-21-6-2-1-3-7-21/h1-15H,16-19H2/b15-12+. The Morgan fingerprint density at radius 2 is 1.61 bits per heavy atom. The van der Waals surface area contributed by atoms with Crippen molar-refractivity contribution >= 4 is 12.0 Å². The van der Waals surface area contributed by atoms with Gasteiger partial charge in [0.25, 0.3) is 0 Å². The summed E-state index contributed by atoms with van der Waals surface area (Å²) >= 11 is 0. The molecule has 0 fully saturated rings. The van der Waals surface area contributed by atoms with Gasteiger partial charge in [-0.15, -0.1) is 0 Å². The number of benzene rings is 3. The van der Waals surface area contributed by atoms with E-state index < -0.39 is 0 Å². The normalized spacial score (nSPS) is 13.4. The number of carbonyl (C=O) groups is 1. The quantitative estimate of drug-likeness (QED) is 0.601. The lowest BCUT2D eigenvalue weighted by molar-refractivity contribution is -0.126. The van der Waals surface area contributed by atoms with E-state index in [1.54, 1.807) is 6.08 Å². The van der Waals surface area contributed by atoms with Gasteiger partial charge in [0.2, 0.25) is 5.91 Å². The SMILES string of the molecule is O=C(/C=C/c1ccc(OCc2ccccc2)cc1)N1CCc2ccccc2C1. The molecule has 0 aliphatic carbocycles. The van der Waals surface area contributed by atoms with Crippen LogP contribution in [0.4, 0.5) is 0 Å². The lowest BCUT2D eigenvalue weighted by Gasteiger charge is -2.27. The first-order valence-electron chi connectivity index (χ1n) is 9.58. The van der Waals surface area contributed by atoms with Gasteiger partial charge in [-0.25, -0.2) is 0 Å². The first-order valence-corrected chi connectivity index (χ1v) is 9.58. The van der Waals surface area contributed by atoms with Gasteiger partial charge < -0.3 is 9.64 Å². The van der Waals surface area contributed by atoms with Crippen LogP contribution in [0.25, 0.3) is 6.08 Å². The average Bonchev–Trinajstić information content (AvgIpc) is 2.77. The zero-order chi connectivity index (χ0) is 19.2. The summed E-state index contributed by atoms with van der Waals surface area (Å²) in [7, 11) is 0. The fraction of sp³-hybridized carbons (Fsp3) is 0.160. The zero-order valence-electron chi connectivity index (χ0n) is 15.8.